The van der Waals surface area contributed by atoms with Gasteiger partial charge in [0.15, 0.2) is 0 Å². The number of aromatic nitrogens is 2. The van der Waals surface area contributed by atoms with Crippen molar-refractivity contribution in [3.05, 3.63) is 30.1 Å². The van der Waals surface area contributed by atoms with E-state index in [4.69, 9.17) is 0 Å². The highest BCUT2D eigenvalue weighted by Gasteiger charge is 2.14. The van der Waals surface area contributed by atoms with Gasteiger partial charge in [0.2, 0.25) is 5.91 Å². The van der Waals surface area contributed by atoms with Crippen molar-refractivity contribution >= 4 is 16.9 Å². The number of hydrogen-bond acceptors (Lipinski definition) is 3. The molecule has 5 heteroatoms. The summed E-state index contributed by atoms with van der Waals surface area (Å²) in [4.78, 5) is 19.2. The number of benzene rings is 1. The van der Waals surface area contributed by atoms with Crippen molar-refractivity contribution < 1.29 is 4.79 Å². The number of carbonyl (C=O) groups is 1. The summed E-state index contributed by atoms with van der Waals surface area (Å²) in [5, 5.41) is 6.02. The second-order valence-electron chi connectivity index (χ2n) is 4.63. The number of H-pyrrole nitrogens is 1. The standard InChI is InChI=1S/C14H20N4O/c1-3-11(8-15-2)14(19)16-7-10-4-5-12-13(6-10)18-9-17-12/h4-6,9,11,15H,3,7-8H2,1-2H3,(H,16,19)(H,17,18). The van der Waals surface area contributed by atoms with E-state index in [0.717, 1.165) is 23.0 Å². The minimum Gasteiger partial charge on any atom is -0.352 e. The van der Waals surface area contributed by atoms with Gasteiger partial charge in [-0.3, -0.25) is 4.79 Å². The maximum Gasteiger partial charge on any atom is 0.224 e. The molecule has 0 aliphatic rings. The molecule has 0 saturated heterocycles. The second kappa shape index (κ2) is 6.33. The van der Waals surface area contributed by atoms with Gasteiger partial charge in [0.05, 0.1) is 23.3 Å². The van der Waals surface area contributed by atoms with Crippen LogP contribution >= 0.6 is 0 Å². The zero-order chi connectivity index (χ0) is 13.7. The fraction of sp³-hybridized carbons (Fsp3) is 0.429. The summed E-state index contributed by atoms with van der Waals surface area (Å²) in [5.74, 6) is 0.127. The fourth-order valence-corrected chi connectivity index (χ4v) is 2.10. The molecule has 102 valence electrons. The van der Waals surface area contributed by atoms with E-state index in [1.54, 1.807) is 6.33 Å². The smallest absolute Gasteiger partial charge is 0.224 e. The predicted octanol–water partition coefficient (Wildman–Crippen LogP) is 1.42. The highest BCUT2D eigenvalue weighted by molar-refractivity contribution is 5.79. The molecular formula is C14H20N4O. The lowest BCUT2D eigenvalue weighted by molar-refractivity contribution is -0.125. The van der Waals surface area contributed by atoms with Crippen LogP contribution in [0.15, 0.2) is 24.5 Å². The van der Waals surface area contributed by atoms with E-state index >= 15 is 0 Å². The van der Waals surface area contributed by atoms with Crippen LogP contribution in [0.1, 0.15) is 18.9 Å². The van der Waals surface area contributed by atoms with Crippen molar-refractivity contribution in [2.75, 3.05) is 13.6 Å². The van der Waals surface area contributed by atoms with Gasteiger partial charge in [-0.05, 0) is 31.2 Å². The number of imidazole rings is 1. The minimum atomic E-state index is 0.0286. The van der Waals surface area contributed by atoms with E-state index in [0.29, 0.717) is 13.1 Å². The first-order valence-electron chi connectivity index (χ1n) is 6.59. The molecule has 2 rings (SSSR count). The second-order valence-corrected chi connectivity index (χ2v) is 4.63. The zero-order valence-electron chi connectivity index (χ0n) is 11.4. The van der Waals surface area contributed by atoms with Crippen LogP contribution in [0, 0.1) is 5.92 Å². The number of nitrogens with one attached hydrogen (secondary N) is 3. The first-order chi connectivity index (χ1) is 9.24. The average Bonchev–Trinajstić information content (AvgIpc) is 2.89. The van der Waals surface area contributed by atoms with Gasteiger partial charge in [0.1, 0.15) is 0 Å². The first kappa shape index (κ1) is 13.5. The summed E-state index contributed by atoms with van der Waals surface area (Å²) in [6.07, 6.45) is 2.51. The Bertz CT molecular complexity index is 549. The number of amides is 1. The van der Waals surface area contributed by atoms with Gasteiger partial charge >= 0.3 is 0 Å². The van der Waals surface area contributed by atoms with Crippen molar-refractivity contribution in [2.24, 2.45) is 5.92 Å². The van der Waals surface area contributed by atoms with Crippen LogP contribution in [-0.4, -0.2) is 29.5 Å². The van der Waals surface area contributed by atoms with E-state index in [1.165, 1.54) is 0 Å². The molecule has 0 saturated carbocycles. The Kier molecular flexibility index (Phi) is 4.52. The summed E-state index contributed by atoms with van der Waals surface area (Å²) in [6, 6.07) is 5.96. The van der Waals surface area contributed by atoms with E-state index in [2.05, 4.69) is 20.6 Å². The molecule has 0 radical (unpaired) electrons. The first-order valence-corrected chi connectivity index (χ1v) is 6.59. The van der Waals surface area contributed by atoms with Crippen LogP contribution in [0.3, 0.4) is 0 Å². The molecule has 5 nitrogen and oxygen atoms in total. The molecule has 0 aliphatic heterocycles. The molecule has 3 N–H and O–H groups in total. The maximum atomic E-state index is 12.0. The molecule has 1 amide bonds. The third-order valence-electron chi connectivity index (χ3n) is 3.27. The Morgan fingerprint density at radius 2 is 2.32 bits per heavy atom. The van der Waals surface area contributed by atoms with Crippen LogP contribution in [0.25, 0.3) is 11.0 Å². The van der Waals surface area contributed by atoms with Gasteiger partial charge in [-0.2, -0.15) is 0 Å². The number of rotatable bonds is 6. The lowest BCUT2D eigenvalue weighted by Gasteiger charge is -2.14. The molecule has 0 aliphatic carbocycles. The van der Waals surface area contributed by atoms with Crippen LogP contribution < -0.4 is 10.6 Å². The summed E-state index contributed by atoms with van der Waals surface area (Å²) in [5.41, 5.74) is 3.01. The summed E-state index contributed by atoms with van der Waals surface area (Å²) in [7, 11) is 1.86. The lowest BCUT2D eigenvalue weighted by atomic mass is 10.1. The molecule has 0 spiro atoms. The molecular weight excluding hydrogens is 240 g/mol. The van der Waals surface area contributed by atoms with Crippen molar-refractivity contribution in [1.82, 2.24) is 20.6 Å². The highest BCUT2D eigenvalue weighted by atomic mass is 16.1. The Labute approximate surface area is 112 Å². The van der Waals surface area contributed by atoms with E-state index in [1.807, 2.05) is 32.2 Å². The Morgan fingerprint density at radius 1 is 1.47 bits per heavy atom. The van der Waals surface area contributed by atoms with E-state index < -0.39 is 0 Å². The van der Waals surface area contributed by atoms with Crippen LogP contribution in [-0.2, 0) is 11.3 Å². The summed E-state index contributed by atoms with van der Waals surface area (Å²) in [6.45, 7) is 3.29. The third kappa shape index (κ3) is 3.32. The largest absolute Gasteiger partial charge is 0.352 e. The number of nitrogens with zero attached hydrogens (tertiary/aromatic N) is 1. The molecule has 0 fully saturated rings. The molecule has 1 aromatic carbocycles. The van der Waals surface area contributed by atoms with Crippen LogP contribution in [0.4, 0.5) is 0 Å². The molecule has 1 heterocycles. The van der Waals surface area contributed by atoms with E-state index in [9.17, 15) is 4.79 Å². The quantitative estimate of drug-likeness (QED) is 0.736. The van der Waals surface area contributed by atoms with Gasteiger partial charge in [0, 0.05) is 13.1 Å². The third-order valence-corrected chi connectivity index (χ3v) is 3.27. The van der Waals surface area contributed by atoms with Gasteiger partial charge in [0.25, 0.3) is 0 Å². The fourth-order valence-electron chi connectivity index (χ4n) is 2.10. The Hall–Kier alpha value is -1.88. The zero-order valence-corrected chi connectivity index (χ0v) is 11.4. The topological polar surface area (TPSA) is 69.8 Å². The average molecular weight is 260 g/mol. The van der Waals surface area contributed by atoms with Gasteiger partial charge in [-0.25, -0.2) is 4.98 Å². The maximum absolute atomic E-state index is 12.0. The SMILES string of the molecule is CCC(CNC)C(=O)NCc1ccc2nc[nH]c2c1. The normalized spacial score (nSPS) is 12.5. The molecule has 19 heavy (non-hydrogen) atoms. The summed E-state index contributed by atoms with van der Waals surface area (Å²) < 4.78 is 0. The van der Waals surface area contributed by atoms with Gasteiger partial charge in [-0.15, -0.1) is 0 Å². The van der Waals surface area contributed by atoms with Gasteiger partial charge < -0.3 is 15.6 Å². The molecule has 1 unspecified atom stereocenters. The highest BCUT2D eigenvalue weighted by Crippen LogP contribution is 2.11. The van der Waals surface area contributed by atoms with Crippen molar-refractivity contribution in [1.29, 1.82) is 0 Å². The molecule has 1 atom stereocenters. The molecule has 2 aromatic rings. The van der Waals surface area contributed by atoms with Crippen molar-refractivity contribution in [2.45, 2.75) is 19.9 Å². The number of hydrogen-bond donors (Lipinski definition) is 3. The minimum absolute atomic E-state index is 0.0286. The van der Waals surface area contributed by atoms with E-state index in [-0.39, 0.29) is 11.8 Å². The Morgan fingerprint density at radius 3 is 3.05 bits per heavy atom. The van der Waals surface area contributed by atoms with Crippen LogP contribution in [0.5, 0.6) is 0 Å². The molecule has 0 bridgehead atoms. The van der Waals surface area contributed by atoms with Gasteiger partial charge in [-0.1, -0.05) is 13.0 Å². The number of aromatic amines is 1. The number of fused-ring (bicyclic) bond motifs is 1. The van der Waals surface area contributed by atoms with Crippen LogP contribution in [0.2, 0.25) is 0 Å². The number of carbonyl (C=O) groups excluding carboxylic acids is 1. The van der Waals surface area contributed by atoms with Crippen molar-refractivity contribution in [3.8, 4) is 0 Å². The lowest BCUT2D eigenvalue weighted by Crippen LogP contribution is -2.35. The monoisotopic (exact) mass is 260 g/mol. The summed E-state index contributed by atoms with van der Waals surface area (Å²) >= 11 is 0. The molecule has 1 aromatic heterocycles. The Balaban J connectivity index is 1.95. The predicted molar refractivity (Wildman–Crippen MR) is 75.6 cm³/mol. The van der Waals surface area contributed by atoms with Crippen molar-refractivity contribution in [3.63, 3.8) is 0 Å².